The summed E-state index contributed by atoms with van der Waals surface area (Å²) in [5.41, 5.74) is 0.0276. The lowest BCUT2D eigenvalue weighted by Crippen LogP contribution is -2.49. The van der Waals surface area contributed by atoms with Crippen molar-refractivity contribution in [1.29, 1.82) is 5.26 Å². The Kier molecular flexibility index (Phi) is 6.48. The molecule has 3 rings (SSSR count). The van der Waals surface area contributed by atoms with Crippen LogP contribution in [-0.2, 0) is 10.0 Å². The quantitative estimate of drug-likeness (QED) is 0.841. The van der Waals surface area contributed by atoms with E-state index in [0.29, 0.717) is 13.1 Å². The van der Waals surface area contributed by atoms with Crippen molar-refractivity contribution in [3.63, 3.8) is 0 Å². The fraction of sp³-hybridized carbons (Fsp3) is 0.533. The second kappa shape index (κ2) is 8.00. The fourth-order valence-corrected chi connectivity index (χ4v) is 5.17. The molecule has 0 bridgehead atoms. The first-order valence-corrected chi connectivity index (χ1v) is 9.49. The number of nitrogens with one attached hydrogen (secondary N) is 1. The number of halogens is 2. The molecule has 1 unspecified atom stereocenters. The molecule has 2 heterocycles. The predicted octanol–water partition coefficient (Wildman–Crippen LogP) is 1.30. The van der Waals surface area contributed by atoms with Gasteiger partial charge in [-0.1, -0.05) is 17.7 Å². The third kappa shape index (κ3) is 3.69. The summed E-state index contributed by atoms with van der Waals surface area (Å²) in [7, 11) is -3.69. The first-order chi connectivity index (χ1) is 11.0. The first-order valence-electron chi connectivity index (χ1n) is 7.67. The van der Waals surface area contributed by atoms with E-state index in [-0.39, 0.29) is 33.9 Å². The van der Waals surface area contributed by atoms with E-state index in [2.05, 4.69) is 10.2 Å². The van der Waals surface area contributed by atoms with Crippen LogP contribution in [0.4, 0.5) is 0 Å². The van der Waals surface area contributed by atoms with Gasteiger partial charge in [-0.2, -0.15) is 9.57 Å². The van der Waals surface area contributed by atoms with Crippen molar-refractivity contribution in [2.24, 2.45) is 0 Å². The topological polar surface area (TPSA) is 76.4 Å². The Morgan fingerprint density at radius 1 is 1.25 bits per heavy atom. The highest BCUT2D eigenvalue weighted by molar-refractivity contribution is 7.89. The van der Waals surface area contributed by atoms with E-state index >= 15 is 0 Å². The van der Waals surface area contributed by atoms with Crippen molar-refractivity contribution in [2.45, 2.75) is 17.4 Å². The molecule has 0 spiro atoms. The number of piperazine rings is 1. The van der Waals surface area contributed by atoms with Crippen LogP contribution in [-0.4, -0.2) is 62.9 Å². The molecular formula is C15H20Cl2N4O2S. The van der Waals surface area contributed by atoms with Gasteiger partial charge in [0.25, 0.3) is 0 Å². The van der Waals surface area contributed by atoms with Gasteiger partial charge in [0.2, 0.25) is 10.0 Å². The van der Waals surface area contributed by atoms with Crippen molar-refractivity contribution >= 4 is 34.0 Å². The Hall–Kier alpha value is -0.880. The Bertz CT molecular complexity index is 729. The number of hydrogen-bond donors (Lipinski definition) is 1. The van der Waals surface area contributed by atoms with Gasteiger partial charge >= 0.3 is 0 Å². The van der Waals surface area contributed by atoms with Gasteiger partial charge < -0.3 is 5.32 Å². The summed E-state index contributed by atoms with van der Waals surface area (Å²) < 4.78 is 27.2. The standard InChI is InChI=1S/C15H19ClN4O2S.ClH/c16-14-2-1-3-15(13(14)10-17)23(21,22)20-7-4-12(11-20)19-8-5-18-6-9-19;/h1-3,12,18H,4-9,11H2;1H. The normalized spacial score (nSPS) is 22.8. The Morgan fingerprint density at radius 3 is 2.62 bits per heavy atom. The van der Waals surface area contributed by atoms with E-state index in [1.165, 1.54) is 16.4 Å². The van der Waals surface area contributed by atoms with Crippen LogP contribution >= 0.6 is 24.0 Å². The smallest absolute Gasteiger partial charge is 0.244 e. The van der Waals surface area contributed by atoms with E-state index in [0.717, 1.165) is 32.6 Å². The molecule has 1 aromatic carbocycles. The van der Waals surface area contributed by atoms with E-state index in [4.69, 9.17) is 11.6 Å². The van der Waals surface area contributed by atoms with Crippen molar-refractivity contribution in [2.75, 3.05) is 39.3 Å². The maximum absolute atomic E-state index is 12.9. The summed E-state index contributed by atoms with van der Waals surface area (Å²) in [6, 6.07) is 6.72. The zero-order chi connectivity index (χ0) is 16.4. The van der Waals surface area contributed by atoms with Crippen LogP contribution in [0.15, 0.2) is 23.1 Å². The molecule has 0 saturated carbocycles. The molecule has 0 amide bonds. The highest BCUT2D eigenvalue weighted by Crippen LogP contribution is 2.29. The molecule has 0 radical (unpaired) electrons. The molecule has 1 atom stereocenters. The van der Waals surface area contributed by atoms with Crippen LogP contribution < -0.4 is 5.32 Å². The van der Waals surface area contributed by atoms with Crippen molar-refractivity contribution in [3.05, 3.63) is 28.8 Å². The van der Waals surface area contributed by atoms with Crippen LogP contribution in [0, 0.1) is 11.3 Å². The molecule has 9 heteroatoms. The van der Waals surface area contributed by atoms with Crippen LogP contribution in [0.25, 0.3) is 0 Å². The third-order valence-corrected chi connectivity index (χ3v) is 6.72. The van der Waals surface area contributed by atoms with Crippen LogP contribution in [0.2, 0.25) is 5.02 Å². The Balaban J connectivity index is 0.00000208. The van der Waals surface area contributed by atoms with Gasteiger partial charge in [0.05, 0.1) is 10.6 Å². The molecule has 1 aromatic rings. The molecule has 2 aliphatic heterocycles. The van der Waals surface area contributed by atoms with Crippen LogP contribution in [0.5, 0.6) is 0 Å². The summed E-state index contributed by atoms with van der Waals surface area (Å²) in [5.74, 6) is 0. The van der Waals surface area contributed by atoms with E-state index < -0.39 is 10.0 Å². The van der Waals surface area contributed by atoms with E-state index in [1.54, 1.807) is 6.07 Å². The Morgan fingerprint density at radius 2 is 1.96 bits per heavy atom. The average Bonchev–Trinajstić information content (AvgIpc) is 3.06. The highest BCUT2D eigenvalue weighted by Gasteiger charge is 2.36. The van der Waals surface area contributed by atoms with Crippen LogP contribution in [0.3, 0.4) is 0 Å². The lowest BCUT2D eigenvalue weighted by Gasteiger charge is -2.32. The summed E-state index contributed by atoms with van der Waals surface area (Å²) >= 11 is 5.97. The van der Waals surface area contributed by atoms with Gasteiger partial charge in [-0.15, -0.1) is 12.4 Å². The number of nitrogens with zero attached hydrogens (tertiary/aromatic N) is 3. The third-order valence-electron chi connectivity index (χ3n) is 4.50. The first kappa shape index (κ1) is 19.4. The predicted molar refractivity (Wildman–Crippen MR) is 95.0 cm³/mol. The average molecular weight is 391 g/mol. The summed E-state index contributed by atoms with van der Waals surface area (Å²) in [6.45, 7) is 4.72. The lowest BCUT2D eigenvalue weighted by molar-refractivity contribution is 0.179. The number of nitriles is 1. The molecular weight excluding hydrogens is 371 g/mol. The van der Waals surface area contributed by atoms with Crippen molar-refractivity contribution in [1.82, 2.24) is 14.5 Å². The van der Waals surface area contributed by atoms with Gasteiger partial charge in [-0.3, -0.25) is 4.90 Å². The molecule has 2 saturated heterocycles. The summed E-state index contributed by atoms with van der Waals surface area (Å²) in [5, 5.41) is 12.7. The van der Waals surface area contributed by atoms with Gasteiger partial charge in [0.1, 0.15) is 11.0 Å². The lowest BCUT2D eigenvalue weighted by atomic mass is 10.2. The molecule has 2 fully saturated rings. The zero-order valence-electron chi connectivity index (χ0n) is 13.1. The monoisotopic (exact) mass is 390 g/mol. The van der Waals surface area contributed by atoms with Crippen LogP contribution in [0.1, 0.15) is 12.0 Å². The number of rotatable bonds is 3. The Labute approximate surface area is 153 Å². The molecule has 1 N–H and O–H groups in total. The largest absolute Gasteiger partial charge is 0.314 e. The van der Waals surface area contributed by atoms with Crippen molar-refractivity contribution in [3.8, 4) is 6.07 Å². The summed E-state index contributed by atoms with van der Waals surface area (Å²) in [6.07, 6.45) is 0.821. The maximum Gasteiger partial charge on any atom is 0.244 e. The minimum Gasteiger partial charge on any atom is -0.314 e. The van der Waals surface area contributed by atoms with Gasteiger partial charge in [-0.05, 0) is 18.6 Å². The van der Waals surface area contributed by atoms with E-state index in [9.17, 15) is 13.7 Å². The number of hydrogen-bond acceptors (Lipinski definition) is 5. The highest BCUT2D eigenvalue weighted by atomic mass is 35.5. The minimum absolute atomic E-state index is 0. The number of benzene rings is 1. The van der Waals surface area contributed by atoms with Gasteiger partial charge in [-0.25, -0.2) is 8.42 Å². The van der Waals surface area contributed by atoms with Gasteiger partial charge in [0.15, 0.2) is 0 Å². The second-order valence-electron chi connectivity index (χ2n) is 5.82. The molecule has 0 aromatic heterocycles. The minimum atomic E-state index is -3.69. The van der Waals surface area contributed by atoms with Crippen molar-refractivity contribution < 1.29 is 8.42 Å². The maximum atomic E-state index is 12.9. The summed E-state index contributed by atoms with van der Waals surface area (Å²) in [4.78, 5) is 2.35. The molecule has 132 valence electrons. The SMILES string of the molecule is Cl.N#Cc1c(Cl)cccc1S(=O)(=O)N1CCC(N2CCNCC2)C1. The number of sulfonamides is 1. The molecule has 0 aliphatic carbocycles. The fourth-order valence-electron chi connectivity index (χ4n) is 3.24. The van der Waals surface area contributed by atoms with Gasteiger partial charge in [0, 0.05) is 45.3 Å². The molecule has 2 aliphatic rings. The molecule has 24 heavy (non-hydrogen) atoms. The molecule has 6 nitrogen and oxygen atoms in total. The zero-order valence-corrected chi connectivity index (χ0v) is 15.5. The second-order valence-corrected chi connectivity index (χ2v) is 8.13. The van der Waals surface area contributed by atoms with E-state index in [1.807, 2.05) is 6.07 Å².